The molecule has 2 rings (SSSR count). The maximum atomic E-state index is 12.2. The van der Waals surface area contributed by atoms with Gasteiger partial charge in [0.05, 0.1) is 13.2 Å². The molecule has 0 aromatic heterocycles. The predicted molar refractivity (Wildman–Crippen MR) is 182 cm³/mol. The lowest BCUT2D eigenvalue weighted by Crippen LogP contribution is -2.25. The molecular formula is C38H53NO6. The summed E-state index contributed by atoms with van der Waals surface area (Å²) in [4.78, 5) is 35.9. The zero-order valence-corrected chi connectivity index (χ0v) is 27.4. The van der Waals surface area contributed by atoms with Crippen LogP contribution in [0.3, 0.4) is 0 Å². The second kappa shape index (κ2) is 24.5. The van der Waals surface area contributed by atoms with Crippen molar-refractivity contribution in [2.45, 2.75) is 96.8 Å². The van der Waals surface area contributed by atoms with E-state index in [1.54, 1.807) is 30.2 Å². The molecule has 0 aliphatic carbocycles. The molecule has 0 atom stereocenters. The van der Waals surface area contributed by atoms with Crippen molar-refractivity contribution in [3.8, 4) is 17.2 Å². The van der Waals surface area contributed by atoms with E-state index in [9.17, 15) is 14.4 Å². The normalized spacial score (nSPS) is 11.2. The average molecular weight is 620 g/mol. The summed E-state index contributed by atoms with van der Waals surface area (Å²) < 4.78 is 17.0. The first-order valence-corrected chi connectivity index (χ1v) is 16.7. The van der Waals surface area contributed by atoms with Crippen LogP contribution in [0.1, 0.15) is 102 Å². The molecule has 0 saturated heterocycles. The minimum atomic E-state index is -0.429. The topological polar surface area (TPSA) is 82.1 Å². The van der Waals surface area contributed by atoms with E-state index >= 15 is 0 Å². The number of ether oxygens (including phenoxy) is 3. The third kappa shape index (κ3) is 18.5. The molecule has 0 spiro atoms. The number of aldehydes is 1. The highest BCUT2D eigenvalue weighted by molar-refractivity contribution is 5.90. The van der Waals surface area contributed by atoms with Crippen LogP contribution < -0.4 is 14.2 Å². The maximum Gasteiger partial charge on any atom is 0.336 e. The van der Waals surface area contributed by atoms with Crippen LogP contribution in [-0.4, -0.2) is 49.9 Å². The van der Waals surface area contributed by atoms with Gasteiger partial charge in [0, 0.05) is 25.7 Å². The quantitative estimate of drug-likeness (QED) is 0.0363. The monoisotopic (exact) mass is 619 g/mol. The Morgan fingerprint density at radius 2 is 1.13 bits per heavy atom. The van der Waals surface area contributed by atoms with E-state index in [0.29, 0.717) is 25.2 Å². The van der Waals surface area contributed by atoms with Gasteiger partial charge in [0.25, 0.3) is 0 Å². The molecule has 45 heavy (non-hydrogen) atoms. The number of carbonyl (C=O) groups is 3. The van der Waals surface area contributed by atoms with Gasteiger partial charge in [-0.2, -0.15) is 0 Å². The second-order valence-corrected chi connectivity index (χ2v) is 11.3. The third-order valence-electron chi connectivity index (χ3n) is 7.45. The smallest absolute Gasteiger partial charge is 0.336 e. The minimum Gasteiger partial charge on any atom is -0.494 e. The molecule has 246 valence electrons. The number of hydrogen-bond acceptors (Lipinski definition) is 6. The summed E-state index contributed by atoms with van der Waals surface area (Å²) in [6.45, 7) is 4.33. The molecule has 7 nitrogen and oxygen atoms in total. The number of amides is 1. The van der Waals surface area contributed by atoms with Crippen LogP contribution in [0.2, 0.25) is 0 Å². The van der Waals surface area contributed by atoms with Crippen molar-refractivity contribution in [2.75, 3.05) is 26.8 Å². The average Bonchev–Trinajstić information content (AvgIpc) is 3.05. The van der Waals surface area contributed by atoms with E-state index in [4.69, 9.17) is 14.2 Å². The molecule has 7 heteroatoms. The minimum absolute atomic E-state index is 0.123. The third-order valence-corrected chi connectivity index (χ3v) is 7.45. The molecule has 0 N–H and O–H groups in total. The van der Waals surface area contributed by atoms with Crippen molar-refractivity contribution < 1.29 is 28.6 Å². The van der Waals surface area contributed by atoms with Crippen molar-refractivity contribution in [3.63, 3.8) is 0 Å². The lowest BCUT2D eigenvalue weighted by Gasteiger charge is -2.14. The van der Waals surface area contributed by atoms with E-state index in [-0.39, 0.29) is 5.91 Å². The van der Waals surface area contributed by atoms with Gasteiger partial charge in [-0.25, -0.2) is 4.79 Å². The molecule has 1 amide bonds. The first-order valence-electron chi connectivity index (χ1n) is 16.7. The van der Waals surface area contributed by atoms with Crippen LogP contribution in [0.25, 0.3) is 6.08 Å². The fourth-order valence-electron chi connectivity index (χ4n) is 4.73. The Morgan fingerprint density at radius 1 is 0.644 bits per heavy atom. The van der Waals surface area contributed by atoms with E-state index in [1.165, 1.54) is 76.0 Å². The van der Waals surface area contributed by atoms with Gasteiger partial charge in [-0.1, -0.05) is 89.7 Å². The summed E-state index contributed by atoms with van der Waals surface area (Å²) in [5.74, 6) is 1.54. The lowest BCUT2D eigenvalue weighted by atomic mass is 10.1. The molecule has 0 fully saturated rings. The summed E-state index contributed by atoms with van der Waals surface area (Å²) >= 11 is 0. The number of unbranched alkanes of at least 4 members (excludes halogenated alkanes) is 12. The lowest BCUT2D eigenvalue weighted by molar-refractivity contribution is -0.129. The van der Waals surface area contributed by atoms with Gasteiger partial charge in [0.2, 0.25) is 5.91 Å². The molecule has 0 bridgehead atoms. The molecule has 0 saturated carbocycles. The number of benzene rings is 2. The van der Waals surface area contributed by atoms with Gasteiger partial charge < -0.3 is 19.1 Å². The van der Waals surface area contributed by atoms with E-state index < -0.39 is 5.97 Å². The van der Waals surface area contributed by atoms with Crippen LogP contribution in [0, 0.1) is 0 Å². The van der Waals surface area contributed by atoms with Gasteiger partial charge in [-0.3, -0.25) is 9.59 Å². The Hall–Kier alpha value is -3.87. The number of nitrogens with zero attached hydrogens (tertiary/aromatic N) is 1. The summed E-state index contributed by atoms with van der Waals surface area (Å²) in [7, 11) is 1.77. The Balaban J connectivity index is 1.49. The number of carbonyl (C=O) groups excluding carboxylic acids is 3. The largest absolute Gasteiger partial charge is 0.494 e. The standard InChI is InChI=1S/C38H53NO6/c1-3-4-5-12-15-31-44-35-24-26-36(27-25-35)45-38(42)28-21-33-19-22-34(23-20-33)43-32-16-13-10-8-6-7-9-11-14-29-39(2)37(41)18-17-30-40/h17-28,30H,3-16,29,31-32H2,1-2H3/b18-17-,28-21+. The van der Waals surface area contributed by atoms with Gasteiger partial charge in [-0.05, 0) is 73.4 Å². The first-order chi connectivity index (χ1) is 22.0. The summed E-state index contributed by atoms with van der Waals surface area (Å²) in [5.41, 5.74) is 0.897. The molecule has 0 aliphatic heterocycles. The molecule has 0 aliphatic rings. The first kappa shape index (κ1) is 37.3. The number of hydrogen-bond donors (Lipinski definition) is 0. The van der Waals surface area contributed by atoms with Crippen molar-refractivity contribution in [1.29, 1.82) is 0 Å². The Bertz CT molecular complexity index is 1140. The van der Waals surface area contributed by atoms with Crippen molar-refractivity contribution in [1.82, 2.24) is 4.90 Å². The highest BCUT2D eigenvalue weighted by Crippen LogP contribution is 2.19. The molecule has 2 aromatic carbocycles. The molecule has 0 unspecified atom stereocenters. The Morgan fingerprint density at radius 3 is 1.69 bits per heavy atom. The van der Waals surface area contributed by atoms with Crippen LogP contribution >= 0.6 is 0 Å². The highest BCUT2D eigenvalue weighted by Gasteiger charge is 2.04. The summed E-state index contributed by atoms with van der Waals surface area (Å²) in [6.07, 6.45) is 22.7. The van der Waals surface area contributed by atoms with Crippen LogP contribution in [0.15, 0.2) is 66.8 Å². The van der Waals surface area contributed by atoms with Gasteiger partial charge >= 0.3 is 5.97 Å². The number of likely N-dealkylation sites (N-methyl/N-ethyl adjacent to an activating group) is 1. The molecule has 0 heterocycles. The van der Waals surface area contributed by atoms with E-state index in [0.717, 1.165) is 55.7 Å². The van der Waals surface area contributed by atoms with Crippen molar-refractivity contribution in [3.05, 3.63) is 72.3 Å². The fourth-order valence-corrected chi connectivity index (χ4v) is 4.73. The van der Waals surface area contributed by atoms with Crippen LogP contribution in [0.4, 0.5) is 0 Å². The van der Waals surface area contributed by atoms with Gasteiger partial charge in [-0.15, -0.1) is 0 Å². The number of allylic oxidation sites excluding steroid dienone is 1. The van der Waals surface area contributed by atoms with E-state index in [1.807, 2.05) is 36.4 Å². The number of rotatable bonds is 25. The Labute approximate surface area is 270 Å². The zero-order valence-electron chi connectivity index (χ0n) is 27.4. The van der Waals surface area contributed by atoms with Crippen molar-refractivity contribution >= 4 is 24.2 Å². The van der Waals surface area contributed by atoms with E-state index in [2.05, 4.69) is 6.92 Å². The maximum absolute atomic E-state index is 12.2. The van der Waals surface area contributed by atoms with Crippen LogP contribution in [0.5, 0.6) is 17.2 Å². The van der Waals surface area contributed by atoms with Gasteiger partial charge in [0.1, 0.15) is 23.5 Å². The molecule has 0 radical (unpaired) electrons. The SMILES string of the molecule is CCCCCCCOc1ccc(OC(=O)/C=C/c2ccc(OCCCCCCCCCCCN(C)C(=O)/C=C\C=O)cc2)cc1. The summed E-state index contributed by atoms with van der Waals surface area (Å²) in [5, 5.41) is 0. The van der Waals surface area contributed by atoms with Gasteiger partial charge in [0.15, 0.2) is 0 Å². The van der Waals surface area contributed by atoms with Crippen molar-refractivity contribution in [2.24, 2.45) is 0 Å². The summed E-state index contributed by atoms with van der Waals surface area (Å²) in [6, 6.07) is 14.8. The predicted octanol–water partition coefficient (Wildman–Crippen LogP) is 8.76. The zero-order chi connectivity index (χ0) is 32.4. The highest BCUT2D eigenvalue weighted by atomic mass is 16.5. The number of esters is 1. The van der Waals surface area contributed by atoms with Crippen LogP contribution in [-0.2, 0) is 14.4 Å². The fraction of sp³-hybridized carbons (Fsp3) is 0.500. The second-order valence-electron chi connectivity index (χ2n) is 11.3. The Kier molecular flexibility index (Phi) is 20.3. The molecular weight excluding hydrogens is 566 g/mol. The molecule has 2 aromatic rings.